The van der Waals surface area contributed by atoms with Crippen LogP contribution >= 0.6 is 0 Å². The molecule has 1 fully saturated rings. The molecule has 2 rings (SSSR count). The van der Waals surface area contributed by atoms with Gasteiger partial charge in [0.25, 0.3) is 5.56 Å². The van der Waals surface area contributed by atoms with Crippen molar-refractivity contribution in [2.45, 2.75) is 25.8 Å². The lowest BCUT2D eigenvalue weighted by Gasteiger charge is -2.01. The van der Waals surface area contributed by atoms with Crippen molar-refractivity contribution in [2.24, 2.45) is 0 Å². The average molecular weight is 149 g/mol. The molecule has 0 aromatic carbocycles. The maximum Gasteiger partial charge on any atom is 0.251 e. The van der Waals surface area contributed by atoms with E-state index in [1.165, 1.54) is 12.8 Å². The first-order chi connectivity index (χ1) is 5.27. The van der Waals surface area contributed by atoms with Crippen LogP contribution in [0.25, 0.3) is 0 Å². The highest BCUT2D eigenvalue weighted by Gasteiger charge is 2.23. The highest BCUT2D eigenvalue weighted by molar-refractivity contribution is 5.09. The molecule has 1 saturated carbocycles. The third kappa shape index (κ3) is 1.20. The lowest BCUT2D eigenvalue weighted by atomic mass is 10.3. The Balaban J connectivity index is 2.48. The summed E-state index contributed by atoms with van der Waals surface area (Å²) < 4.78 is 1.83. The number of aryl methyl sites for hydroxylation is 1. The van der Waals surface area contributed by atoms with Crippen LogP contribution in [0.3, 0.4) is 0 Å². The Kier molecular flexibility index (Phi) is 1.34. The second kappa shape index (κ2) is 2.22. The predicted octanol–water partition coefficient (Wildman–Crippen LogP) is 1.49. The molecule has 1 heterocycles. The molecule has 0 radical (unpaired) electrons. The molecule has 2 heteroatoms. The number of pyridine rings is 1. The molecule has 11 heavy (non-hydrogen) atoms. The summed E-state index contributed by atoms with van der Waals surface area (Å²) in [5, 5.41) is 0. The lowest BCUT2D eigenvalue weighted by molar-refractivity contribution is 0.705. The van der Waals surface area contributed by atoms with Crippen molar-refractivity contribution in [3.05, 3.63) is 34.2 Å². The van der Waals surface area contributed by atoms with Crippen LogP contribution in [-0.2, 0) is 0 Å². The Morgan fingerprint density at radius 3 is 2.82 bits per heavy atom. The molecule has 0 atom stereocenters. The first kappa shape index (κ1) is 6.65. The van der Waals surface area contributed by atoms with Crippen molar-refractivity contribution in [1.29, 1.82) is 0 Å². The van der Waals surface area contributed by atoms with Gasteiger partial charge in [0.05, 0.1) is 0 Å². The molecule has 0 aliphatic heterocycles. The van der Waals surface area contributed by atoms with E-state index in [0.29, 0.717) is 6.04 Å². The molecule has 0 spiro atoms. The highest BCUT2D eigenvalue weighted by atomic mass is 16.1. The van der Waals surface area contributed by atoms with Crippen molar-refractivity contribution >= 4 is 0 Å². The molecule has 0 N–H and O–H groups in total. The summed E-state index contributed by atoms with van der Waals surface area (Å²) in [6, 6.07) is 4.18. The summed E-state index contributed by atoms with van der Waals surface area (Å²) in [6.07, 6.45) is 4.24. The van der Waals surface area contributed by atoms with Gasteiger partial charge in [-0.1, -0.05) is 0 Å². The third-order valence-corrected chi connectivity index (χ3v) is 2.04. The first-order valence-corrected chi connectivity index (χ1v) is 3.96. The van der Waals surface area contributed by atoms with Gasteiger partial charge in [-0.2, -0.15) is 0 Å². The third-order valence-electron chi connectivity index (χ3n) is 2.04. The monoisotopic (exact) mass is 149 g/mol. The van der Waals surface area contributed by atoms with Gasteiger partial charge in [0.2, 0.25) is 0 Å². The minimum atomic E-state index is 0.146. The Hall–Kier alpha value is -1.05. The van der Waals surface area contributed by atoms with Crippen molar-refractivity contribution in [3.63, 3.8) is 0 Å². The molecule has 0 unspecified atom stereocenters. The zero-order chi connectivity index (χ0) is 7.84. The van der Waals surface area contributed by atoms with E-state index in [1.807, 2.05) is 23.8 Å². The molecular weight excluding hydrogens is 138 g/mol. The minimum absolute atomic E-state index is 0.146. The van der Waals surface area contributed by atoms with E-state index in [-0.39, 0.29) is 5.56 Å². The number of rotatable bonds is 1. The number of aromatic nitrogens is 1. The Bertz CT molecular complexity index is 323. The van der Waals surface area contributed by atoms with Crippen molar-refractivity contribution in [2.75, 3.05) is 0 Å². The molecule has 0 bridgehead atoms. The first-order valence-electron chi connectivity index (χ1n) is 3.96. The largest absolute Gasteiger partial charge is 0.312 e. The summed E-state index contributed by atoms with van der Waals surface area (Å²) in [5.41, 5.74) is 1.19. The van der Waals surface area contributed by atoms with E-state index < -0.39 is 0 Å². The van der Waals surface area contributed by atoms with Gasteiger partial charge in [0.1, 0.15) is 0 Å². The normalized spacial score (nSPS) is 16.8. The average Bonchev–Trinajstić information content (AvgIpc) is 2.70. The van der Waals surface area contributed by atoms with Gasteiger partial charge in [-0.3, -0.25) is 4.79 Å². The minimum Gasteiger partial charge on any atom is -0.312 e. The van der Waals surface area contributed by atoms with Gasteiger partial charge in [-0.15, -0.1) is 0 Å². The second-order valence-corrected chi connectivity index (χ2v) is 3.18. The van der Waals surface area contributed by atoms with Crippen LogP contribution in [0, 0.1) is 6.92 Å². The van der Waals surface area contributed by atoms with E-state index in [4.69, 9.17) is 0 Å². The van der Waals surface area contributed by atoms with Crippen LogP contribution in [0.5, 0.6) is 0 Å². The zero-order valence-electron chi connectivity index (χ0n) is 6.58. The van der Waals surface area contributed by atoms with Crippen LogP contribution in [0.4, 0.5) is 0 Å². The fourth-order valence-electron chi connectivity index (χ4n) is 1.24. The fraction of sp³-hybridized carbons (Fsp3) is 0.444. The highest BCUT2D eigenvalue weighted by Crippen LogP contribution is 2.32. The predicted molar refractivity (Wildman–Crippen MR) is 43.7 cm³/mol. The van der Waals surface area contributed by atoms with E-state index in [9.17, 15) is 4.79 Å². The summed E-state index contributed by atoms with van der Waals surface area (Å²) in [5.74, 6) is 0. The van der Waals surface area contributed by atoms with E-state index >= 15 is 0 Å². The van der Waals surface area contributed by atoms with Gasteiger partial charge in [0, 0.05) is 18.3 Å². The molecule has 1 aromatic heterocycles. The van der Waals surface area contributed by atoms with Crippen LogP contribution in [0.2, 0.25) is 0 Å². The molecule has 1 aliphatic rings. The van der Waals surface area contributed by atoms with Gasteiger partial charge in [0.15, 0.2) is 0 Å². The van der Waals surface area contributed by atoms with Crippen molar-refractivity contribution in [3.8, 4) is 0 Å². The van der Waals surface area contributed by atoms with E-state index in [0.717, 1.165) is 5.56 Å². The summed E-state index contributed by atoms with van der Waals surface area (Å²) in [6.45, 7) is 1.94. The molecule has 58 valence electrons. The smallest absolute Gasteiger partial charge is 0.251 e. The fourth-order valence-corrected chi connectivity index (χ4v) is 1.24. The number of hydrogen-bond donors (Lipinski definition) is 0. The molecule has 1 aliphatic carbocycles. The topological polar surface area (TPSA) is 22.0 Å². The Labute approximate surface area is 65.5 Å². The summed E-state index contributed by atoms with van der Waals surface area (Å²) in [7, 11) is 0. The second-order valence-electron chi connectivity index (χ2n) is 3.18. The zero-order valence-corrected chi connectivity index (χ0v) is 6.58. The molecule has 1 aromatic rings. The molecule has 0 saturated heterocycles. The van der Waals surface area contributed by atoms with Gasteiger partial charge in [-0.25, -0.2) is 0 Å². The van der Waals surface area contributed by atoms with Crippen molar-refractivity contribution < 1.29 is 0 Å². The van der Waals surface area contributed by atoms with Gasteiger partial charge >= 0.3 is 0 Å². The Morgan fingerprint density at radius 1 is 1.55 bits per heavy atom. The quantitative estimate of drug-likeness (QED) is 0.593. The number of nitrogens with zero attached hydrogens (tertiary/aromatic N) is 1. The number of hydrogen-bond acceptors (Lipinski definition) is 1. The van der Waals surface area contributed by atoms with Crippen LogP contribution in [0.15, 0.2) is 23.1 Å². The molecule has 0 amide bonds. The van der Waals surface area contributed by atoms with Gasteiger partial charge < -0.3 is 4.57 Å². The van der Waals surface area contributed by atoms with E-state index in [1.54, 1.807) is 6.07 Å². The Morgan fingerprint density at radius 2 is 2.27 bits per heavy atom. The maximum atomic E-state index is 11.3. The SMILES string of the molecule is Cc1ccn(C2CC2)c(=O)c1. The van der Waals surface area contributed by atoms with Crippen LogP contribution < -0.4 is 5.56 Å². The summed E-state index contributed by atoms with van der Waals surface area (Å²) in [4.78, 5) is 11.3. The van der Waals surface area contributed by atoms with Gasteiger partial charge in [-0.05, 0) is 31.4 Å². The van der Waals surface area contributed by atoms with Crippen LogP contribution in [-0.4, -0.2) is 4.57 Å². The van der Waals surface area contributed by atoms with Crippen LogP contribution in [0.1, 0.15) is 24.4 Å². The standard InChI is InChI=1S/C9H11NO/c1-7-4-5-10(8-2-3-8)9(11)6-7/h4-6,8H,2-3H2,1H3. The summed E-state index contributed by atoms with van der Waals surface area (Å²) >= 11 is 0. The van der Waals surface area contributed by atoms with E-state index in [2.05, 4.69) is 0 Å². The molecule has 2 nitrogen and oxygen atoms in total. The maximum absolute atomic E-state index is 11.3. The molecular formula is C9H11NO. The lowest BCUT2D eigenvalue weighted by Crippen LogP contribution is -2.16. The van der Waals surface area contributed by atoms with Crippen molar-refractivity contribution in [1.82, 2.24) is 4.57 Å².